The third-order valence-electron chi connectivity index (χ3n) is 3.54. The third kappa shape index (κ3) is 3.81. The molecule has 1 saturated heterocycles. The first-order chi connectivity index (χ1) is 10.1. The predicted molar refractivity (Wildman–Crippen MR) is 90.4 cm³/mol. The molecular weight excluding hydrogens is 346 g/mol. The lowest BCUT2D eigenvalue weighted by Crippen LogP contribution is -2.32. The fraction of sp³-hybridized carbons (Fsp3) is 0.462. The molecule has 1 aliphatic heterocycles. The number of aromatic nitrogens is 1. The summed E-state index contributed by atoms with van der Waals surface area (Å²) in [5.74, 6) is 1.02. The SMILES string of the molecule is Cl.O=[N+]([O-])c1ccc2sc(S(=O)CC3CCCNC3)nc2c1. The highest BCUT2D eigenvalue weighted by Gasteiger charge is 2.20. The van der Waals surface area contributed by atoms with E-state index in [1.165, 1.54) is 23.5 Å². The van der Waals surface area contributed by atoms with E-state index < -0.39 is 15.7 Å². The van der Waals surface area contributed by atoms with Gasteiger partial charge >= 0.3 is 0 Å². The summed E-state index contributed by atoms with van der Waals surface area (Å²) in [7, 11) is -1.13. The minimum absolute atomic E-state index is 0. The van der Waals surface area contributed by atoms with Gasteiger partial charge in [-0.1, -0.05) is 0 Å². The second kappa shape index (κ2) is 7.45. The van der Waals surface area contributed by atoms with Crippen molar-refractivity contribution in [3.05, 3.63) is 28.3 Å². The molecule has 2 heterocycles. The molecule has 1 aromatic carbocycles. The molecule has 0 spiro atoms. The molecule has 0 amide bonds. The number of fused-ring (bicyclic) bond motifs is 1. The second-order valence-electron chi connectivity index (χ2n) is 5.11. The molecule has 1 fully saturated rings. The van der Waals surface area contributed by atoms with E-state index in [-0.39, 0.29) is 18.1 Å². The molecule has 2 unspecified atom stereocenters. The minimum Gasteiger partial charge on any atom is -0.316 e. The lowest BCUT2D eigenvalue weighted by molar-refractivity contribution is -0.384. The molecule has 120 valence electrons. The van der Waals surface area contributed by atoms with Crippen molar-refractivity contribution in [2.75, 3.05) is 18.8 Å². The summed E-state index contributed by atoms with van der Waals surface area (Å²) in [6, 6.07) is 4.57. The third-order valence-corrected chi connectivity index (χ3v) is 6.44. The van der Waals surface area contributed by atoms with Crippen LogP contribution in [0.25, 0.3) is 10.2 Å². The van der Waals surface area contributed by atoms with Crippen LogP contribution in [0, 0.1) is 16.0 Å². The quantitative estimate of drug-likeness (QED) is 0.668. The summed E-state index contributed by atoms with van der Waals surface area (Å²) < 4.78 is 13.8. The summed E-state index contributed by atoms with van der Waals surface area (Å²) >= 11 is 1.36. The number of nitro benzene ring substituents is 1. The van der Waals surface area contributed by atoms with Crippen LogP contribution in [0.4, 0.5) is 5.69 Å². The van der Waals surface area contributed by atoms with E-state index >= 15 is 0 Å². The molecule has 6 nitrogen and oxygen atoms in total. The van der Waals surface area contributed by atoms with Crippen molar-refractivity contribution in [1.29, 1.82) is 0 Å². The molecule has 2 atom stereocenters. The number of hydrogen-bond acceptors (Lipinski definition) is 6. The van der Waals surface area contributed by atoms with Gasteiger partial charge in [0.25, 0.3) is 5.69 Å². The highest BCUT2D eigenvalue weighted by Crippen LogP contribution is 2.28. The van der Waals surface area contributed by atoms with Crippen molar-refractivity contribution in [3.8, 4) is 0 Å². The first-order valence-electron chi connectivity index (χ1n) is 6.77. The Hall–Kier alpha value is -1.09. The molecule has 0 radical (unpaired) electrons. The zero-order valence-corrected chi connectivity index (χ0v) is 14.1. The second-order valence-corrected chi connectivity index (χ2v) is 7.81. The number of hydrogen-bond donors (Lipinski definition) is 1. The van der Waals surface area contributed by atoms with Crippen LogP contribution in [0.2, 0.25) is 0 Å². The zero-order valence-electron chi connectivity index (χ0n) is 11.7. The lowest BCUT2D eigenvalue weighted by atomic mass is 10.0. The van der Waals surface area contributed by atoms with Crippen LogP contribution in [-0.2, 0) is 10.8 Å². The van der Waals surface area contributed by atoms with Gasteiger partial charge < -0.3 is 5.32 Å². The van der Waals surface area contributed by atoms with E-state index in [9.17, 15) is 14.3 Å². The van der Waals surface area contributed by atoms with E-state index in [1.807, 2.05) is 0 Å². The molecule has 0 saturated carbocycles. The van der Waals surface area contributed by atoms with Gasteiger partial charge in [-0.3, -0.25) is 14.3 Å². The number of halogens is 1. The maximum Gasteiger partial charge on any atom is 0.271 e. The average molecular weight is 362 g/mol. The minimum atomic E-state index is -1.13. The van der Waals surface area contributed by atoms with Gasteiger partial charge in [0.2, 0.25) is 0 Å². The molecule has 9 heteroatoms. The molecule has 22 heavy (non-hydrogen) atoms. The number of nitrogens with one attached hydrogen (secondary N) is 1. The van der Waals surface area contributed by atoms with E-state index in [2.05, 4.69) is 10.3 Å². The summed E-state index contributed by atoms with van der Waals surface area (Å²) in [6.45, 7) is 1.94. The number of nitrogens with zero attached hydrogens (tertiary/aromatic N) is 2. The number of nitro groups is 1. The van der Waals surface area contributed by atoms with Gasteiger partial charge in [-0.25, -0.2) is 4.98 Å². The van der Waals surface area contributed by atoms with Gasteiger partial charge in [0.1, 0.15) is 0 Å². The smallest absolute Gasteiger partial charge is 0.271 e. The van der Waals surface area contributed by atoms with Crippen molar-refractivity contribution in [1.82, 2.24) is 10.3 Å². The Kier molecular flexibility index (Phi) is 5.85. The Morgan fingerprint density at radius 1 is 1.50 bits per heavy atom. The van der Waals surface area contributed by atoms with Crippen LogP contribution >= 0.6 is 23.7 Å². The zero-order chi connectivity index (χ0) is 14.8. The van der Waals surface area contributed by atoms with E-state index in [4.69, 9.17) is 0 Å². The highest BCUT2D eigenvalue weighted by atomic mass is 35.5. The summed E-state index contributed by atoms with van der Waals surface area (Å²) in [4.78, 5) is 14.6. The Labute approximate surface area is 140 Å². The largest absolute Gasteiger partial charge is 0.316 e. The Morgan fingerprint density at radius 2 is 2.32 bits per heavy atom. The lowest BCUT2D eigenvalue weighted by Gasteiger charge is -2.21. The van der Waals surface area contributed by atoms with Crippen molar-refractivity contribution >= 4 is 50.4 Å². The average Bonchev–Trinajstić information content (AvgIpc) is 2.91. The van der Waals surface area contributed by atoms with Gasteiger partial charge in [0.15, 0.2) is 4.34 Å². The van der Waals surface area contributed by atoms with Crippen molar-refractivity contribution in [3.63, 3.8) is 0 Å². The normalized spacial score (nSPS) is 19.5. The van der Waals surface area contributed by atoms with E-state index in [0.717, 1.165) is 30.6 Å². The van der Waals surface area contributed by atoms with E-state index in [1.54, 1.807) is 6.07 Å². The van der Waals surface area contributed by atoms with Crippen LogP contribution in [-0.4, -0.2) is 33.0 Å². The summed E-state index contributed by atoms with van der Waals surface area (Å²) in [5, 5.41) is 14.1. The van der Waals surface area contributed by atoms with Gasteiger partial charge in [-0.05, 0) is 37.9 Å². The maximum atomic E-state index is 12.4. The van der Waals surface area contributed by atoms with Crippen LogP contribution in [0.15, 0.2) is 22.5 Å². The van der Waals surface area contributed by atoms with Gasteiger partial charge in [-0.15, -0.1) is 23.7 Å². The maximum absolute atomic E-state index is 12.4. The van der Waals surface area contributed by atoms with Gasteiger partial charge in [0, 0.05) is 17.9 Å². The van der Waals surface area contributed by atoms with Gasteiger partial charge in [-0.2, -0.15) is 0 Å². The van der Waals surface area contributed by atoms with Crippen molar-refractivity contribution in [2.24, 2.45) is 5.92 Å². The van der Waals surface area contributed by atoms with Crippen LogP contribution < -0.4 is 5.32 Å². The van der Waals surface area contributed by atoms with Crippen LogP contribution in [0.1, 0.15) is 12.8 Å². The van der Waals surface area contributed by atoms with Crippen LogP contribution in [0.5, 0.6) is 0 Å². The molecule has 1 N–H and O–H groups in total. The molecule has 1 aliphatic rings. The topological polar surface area (TPSA) is 85.1 Å². The molecule has 2 aromatic rings. The number of non-ortho nitro benzene ring substituents is 1. The molecule has 1 aromatic heterocycles. The Bertz CT molecular complexity index is 701. The predicted octanol–water partition coefficient (Wildman–Crippen LogP) is 2.73. The molecule has 3 rings (SSSR count). The standard InChI is InChI=1S/C13H15N3O3S2.ClH/c17-16(18)10-3-4-12-11(6-10)15-13(20-12)21(19)8-9-2-1-5-14-7-9;/h3-4,6,9,14H,1-2,5,7-8H2;1H. The fourth-order valence-electron chi connectivity index (χ4n) is 2.46. The van der Waals surface area contributed by atoms with Crippen molar-refractivity contribution in [2.45, 2.75) is 17.2 Å². The monoisotopic (exact) mass is 361 g/mol. The Balaban J connectivity index is 0.00000176. The summed E-state index contributed by atoms with van der Waals surface area (Å²) in [5.41, 5.74) is 0.570. The first-order valence-corrected chi connectivity index (χ1v) is 8.91. The Morgan fingerprint density at radius 3 is 3.00 bits per heavy atom. The van der Waals surface area contributed by atoms with E-state index in [0.29, 0.717) is 21.5 Å². The highest BCUT2D eigenvalue weighted by molar-refractivity contribution is 7.87. The number of thiazole rings is 1. The van der Waals surface area contributed by atoms with Crippen molar-refractivity contribution < 1.29 is 9.13 Å². The van der Waals surface area contributed by atoms with Crippen LogP contribution in [0.3, 0.4) is 0 Å². The van der Waals surface area contributed by atoms with Gasteiger partial charge in [0.05, 0.1) is 25.9 Å². The molecular formula is C13H16ClN3O3S2. The molecule has 0 aliphatic carbocycles. The number of piperidine rings is 1. The summed E-state index contributed by atoms with van der Waals surface area (Å²) in [6.07, 6.45) is 2.21. The fourth-order valence-corrected chi connectivity index (χ4v) is 5.04. The number of benzene rings is 1. The molecule has 0 bridgehead atoms. The first kappa shape index (κ1) is 17.3. The number of rotatable bonds is 4.